The minimum atomic E-state index is -3.66. The highest BCUT2D eigenvalue weighted by Gasteiger charge is 2.14. The summed E-state index contributed by atoms with van der Waals surface area (Å²) in [5, 5.41) is 14.7. The molecular formula is C16H20N6O5S. The largest absolute Gasteiger partial charge is 0.369 e. The fourth-order valence-corrected chi connectivity index (χ4v) is 1.82. The summed E-state index contributed by atoms with van der Waals surface area (Å²) in [6.07, 6.45) is 4.79. The van der Waals surface area contributed by atoms with Crippen LogP contribution < -0.4 is 16.9 Å². The van der Waals surface area contributed by atoms with Crippen LogP contribution in [0, 0.1) is 10.1 Å². The second-order valence-electron chi connectivity index (χ2n) is 5.04. The minimum absolute atomic E-state index is 0.0240. The molecule has 0 aliphatic heterocycles. The van der Waals surface area contributed by atoms with Crippen molar-refractivity contribution in [3.05, 3.63) is 70.3 Å². The van der Waals surface area contributed by atoms with Gasteiger partial charge in [0.2, 0.25) is 5.96 Å². The molecule has 0 saturated heterocycles. The van der Waals surface area contributed by atoms with Crippen molar-refractivity contribution >= 4 is 27.8 Å². The number of hydrogen-bond donors (Lipinski definition) is 4. The van der Waals surface area contributed by atoms with Crippen LogP contribution in [0.3, 0.4) is 0 Å². The Morgan fingerprint density at radius 2 is 2.00 bits per heavy atom. The maximum absolute atomic E-state index is 11.1. The summed E-state index contributed by atoms with van der Waals surface area (Å²) in [6, 6.07) is 10.1. The molecule has 0 aliphatic rings. The quantitative estimate of drug-likeness (QED) is 0.137. The Labute approximate surface area is 161 Å². The van der Waals surface area contributed by atoms with Gasteiger partial charge in [0.1, 0.15) is 5.69 Å². The first-order valence-corrected chi connectivity index (χ1v) is 9.38. The lowest BCUT2D eigenvalue weighted by Crippen LogP contribution is -2.24. The topological polar surface area (TPSA) is 179 Å². The van der Waals surface area contributed by atoms with Crippen LogP contribution in [0.2, 0.25) is 0 Å². The number of benzene rings is 1. The van der Waals surface area contributed by atoms with Crippen molar-refractivity contribution < 1.29 is 17.9 Å². The molecule has 0 amide bonds. The molecule has 0 bridgehead atoms. The number of nitrogens with zero attached hydrogens (tertiary/aromatic N) is 3. The summed E-state index contributed by atoms with van der Waals surface area (Å²) in [5.74, 6) is -0.297. The SMILES string of the molecule is CCS(=O)(=O)O.NC(N)=NNC=C=Cc1cccn1-c1ccccc1[N+](=O)[O-]. The molecule has 0 unspecified atom stereocenters. The van der Waals surface area contributed by atoms with Gasteiger partial charge in [-0.05, 0) is 25.1 Å². The Kier molecular flexibility index (Phi) is 8.44. The third-order valence-corrected chi connectivity index (χ3v) is 3.79. The minimum Gasteiger partial charge on any atom is -0.369 e. The Morgan fingerprint density at radius 3 is 2.57 bits per heavy atom. The molecule has 6 N–H and O–H groups in total. The molecule has 1 aromatic heterocycles. The molecule has 150 valence electrons. The molecule has 12 heteroatoms. The van der Waals surface area contributed by atoms with E-state index in [1.807, 2.05) is 0 Å². The lowest BCUT2D eigenvalue weighted by atomic mass is 10.2. The van der Waals surface area contributed by atoms with Crippen LogP contribution in [-0.4, -0.2) is 34.2 Å². The number of nitro groups is 1. The maximum Gasteiger partial charge on any atom is 0.293 e. The van der Waals surface area contributed by atoms with Crippen molar-refractivity contribution in [2.24, 2.45) is 16.6 Å². The normalized spacial score (nSPS) is 9.93. The molecule has 0 spiro atoms. The third-order valence-electron chi connectivity index (χ3n) is 3.06. The van der Waals surface area contributed by atoms with E-state index in [1.165, 1.54) is 19.2 Å². The van der Waals surface area contributed by atoms with Crippen molar-refractivity contribution in [1.29, 1.82) is 0 Å². The van der Waals surface area contributed by atoms with E-state index in [4.69, 9.17) is 16.0 Å². The van der Waals surface area contributed by atoms with E-state index in [9.17, 15) is 18.5 Å². The van der Waals surface area contributed by atoms with Crippen molar-refractivity contribution in [2.45, 2.75) is 6.92 Å². The number of hydrogen-bond acceptors (Lipinski definition) is 6. The Morgan fingerprint density at radius 1 is 1.36 bits per heavy atom. The molecule has 28 heavy (non-hydrogen) atoms. The predicted octanol–water partition coefficient (Wildman–Crippen LogP) is 1.18. The molecule has 0 radical (unpaired) electrons. The summed E-state index contributed by atoms with van der Waals surface area (Å²) in [5.41, 5.74) is 16.8. The highest BCUT2D eigenvalue weighted by atomic mass is 32.2. The van der Waals surface area contributed by atoms with Gasteiger partial charge in [-0.3, -0.25) is 20.1 Å². The number of nitro benzene ring substituents is 1. The molecule has 0 fully saturated rings. The van der Waals surface area contributed by atoms with Gasteiger partial charge in [0, 0.05) is 18.3 Å². The van der Waals surface area contributed by atoms with E-state index in [0.29, 0.717) is 5.69 Å². The Bertz CT molecular complexity index is 1000. The summed E-state index contributed by atoms with van der Waals surface area (Å²) in [4.78, 5) is 10.7. The fourth-order valence-electron chi connectivity index (χ4n) is 1.82. The van der Waals surface area contributed by atoms with Crippen molar-refractivity contribution in [3.63, 3.8) is 0 Å². The Balaban J connectivity index is 0.000000568. The van der Waals surface area contributed by atoms with Gasteiger partial charge < -0.3 is 16.0 Å². The predicted molar refractivity (Wildman–Crippen MR) is 106 cm³/mol. The van der Waals surface area contributed by atoms with Crippen LogP contribution in [0.4, 0.5) is 5.69 Å². The molecule has 1 heterocycles. The lowest BCUT2D eigenvalue weighted by molar-refractivity contribution is -0.384. The highest BCUT2D eigenvalue weighted by Crippen LogP contribution is 2.24. The number of nitrogens with two attached hydrogens (primary N) is 2. The zero-order valence-corrected chi connectivity index (χ0v) is 15.7. The number of aromatic nitrogens is 1. The van der Waals surface area contributed by atoms with Crippen LogP contribution >= 0.6 is 0 Å². The van der Waals surface area contributed by atoms with Crippen molar-refractivity contribution in [3.8, 4) is 5.69 Å². The van der Waals surface area contributed by atoms with Gasteiger partial charge in [-0.2, -0.15) is 8.42 Å². The summed E-state index contributed by atoms with van der Waals surface area (Å²) < 4.78 is 28.6. The molecule has 11 nitrogen and oxygen atoms in total. The van der Waals surface area contributed by atoms with Crippen LogP contribution in [0.25, 0.3) is 11.8 Å². The van der Waals surface area contributed by atoms with Gasteiger partial charge in [-0.25, -0.2) is 0 Å². The highest BCUT2D eigenvalue weighted by molar-refractivity contribution is 7.85. The molecule has 2 aromatic rings. The number of guanidine groups is 1. The second kappa shape index (κ2) is 10.5. The molecule has 2 rings (SSSR count). The van der Waals surface area contributed by atoms with Gasteiger partial charge in [0.05, 0.1) is 22.6 Å². The summed E-state index contributed by atoms with van der Waals surface area (Å²) in [6.45, 7) is 1.37. The van der Waals surface area contributed by atoms with Gasteiger partial charge in [0.15, 0.2) is 0 Å². The van der Waals surface area contributed by atoms with Gasteiger partial charge in [-0.1, -0.05) is 17.9 Å². The van der Waals surface area contributed by atoms with Crippen LogP contribution in [-0.2, 0) is 10.1 Å². The van der Waals surface area contributed by atoms with Crippen molar-refractivity contribution in [2.75, 3.05) is 5.75 Å². The fraction of sp³-hybridized carbons (Fsp3) is 0.125. The molecule has 0 aliphatic carbocycles. The van der Waals surface area contributed by atoms with E-state index in [-0.39, 0.29) is 17.4 Å². The first kappa shape index (κ1) is 22.4. The van der Waals surface area contributed by atoms with E-state index in [0.717, 1.165) is 5.69 Å². The standard InChI is InChI=1S/C14H14N6O2.C2H6O3S/c15-14(16)18-17-9-3-5-11-6-4-10-19(11)12-7-1-2-8-13(12)20(21)22;1-2-6(3,4)5/h1-2,4-10,17H,(H4,15,16,18);2H2,1H3,(H,3,4,5). The van der Waals surface area contributed by atoms with Gasteiger partial charge in [0.25, 0.3) is 15.8 Å². The summed E-state index contributed by atoms with van der Waals surface area (Å²) >= 11 is 0. The van der Waals surface area contributed by atoms with Crippen LogP contribution in [0.15, 0.2) is 59.6 Å². The number of para-hydroxylation sites is 2. The molecule has 1 aromatic carbocycles. The van der Waals surface area contributed by atoms with Gasteiger partial charge in [-0.15, -0.1) is 5.10 Å². The number of rotatable bonds is 6. The first-order valence-electron chi connectivity index (χ1n) is 7.77. The summed E-state index contributed by atoms with van der Waals surface area (Å²) in [7, 11) is -3.66. The zero-order chi connectivity index (χ0) is 21.2. The van der Waals surface area contributed by atoms with E-state index >= 15 is 0 Å². The van der Waals surface area contributed by atoms with E-state index in [1.54, 1.807) is 47.2 Å². The van der Waals surface area contributed by atoms with Crippen LogP contribution in [0.1, 0.15) is 12.6 Å². The monoisotopic (exact) mass is 408 g/mol. The van der Waals surface area contributed by atoms with Crippen molar-refractivity contribution in [1.82, 2.24) is 9.99 Å². The average Bonchev–Trinajstić information content (AvgIpc) is 3.09. The lowest BCUT2D eigenvalue weighted by Gasteiger charge is -2.06. The van der Waals surface area contributed by atoms with E-state index in [2.05, 4.69) is 16.3 Å². The average molecular weight is 408 g/mol. The van der Waals surface area contributed by atoms with Gasteiger partial charge >= 0.3 is 0 Å². The van der Waals surface area contributed by atoms with E-state index < -0.39 is 15.0 Å². The maximum atomic E-state index is 11.1. The Hall–Kier alpha value is -3.60. The molecule has 0 saturated carbocycles. The molecule has 0 atom stereocenters. The third kappa shape index (κ3) is 7.74. The number of nitrogens with one attached hydrogen (secondary N) is 1. The molecular weight excluding hydrogens is 388 g/mol. The first-order chi connectivity index (χ1) is 13.2. The van der Waals surface area contributed by atoms with Crippen LogP contribution in [0.5, 0.6) is 0 Å². The number of hydrazone groups is 1. The zero-order valence-electron chi connectivity index (χ0n) is 14.9. The second-order valence-corrected chi connectivity index (χ2v) is 6.78. The smallest absolute Gasteiger partial charge is 0.293 e.